The number of nitrogens with one attached hydrogen (secondary N) is 1. The molecule has 2 rings (SSSR count). The van der Waals surface area contributed by atoms with Crippen LogP contribution in [0.1, 0.15) is 13.3 Å². The van der Waals surface area contributed by atoms with Crippen molar-refractivity contribution in [1.29, 1.82) is 0 Å². The number of hydrogen-bond acceptors (Lipinski definition) is 3. The Labute approximate surface area is 97.1 Å². The van der Waals surface area contributed by atoms with Crippen LogP contribution in [0.25, 0.3) is 10.9 Å². The lowest BCUT2D eigenvalue weighted by Crippen LogP contribution is -2.03. The molecule has 0 spiro atoms. The van der Waals surface area contributed by atoms with Crippen LogP contribution in [0.2, 0.25) is 0 Å². The van der Waals surface area contributed by atoms with E-state index >= 15 is 0 Å². The van der Waals surface area contributed by atoms with E-state index in [2.05, 4.69) is 38.1 Å². The highest BCUT2D eigenvalue weighted by atomic mass is 79.9. The minimum atomic E-state index is 0.697. The van der Waals surface area contributed by atoms with E-state index in [4.69, 9.17) is 0 Å². The van der Waals surface area contributed by atoms with Crippen molar-refractivity contribution >= 4 is 32.8 Å². The summed E-state index contributed by atoms with van der Waals surface area (Å²) in [6.07, 6.45) is 2.91. The molecule has 3 nitrogen and oxygen atoms in total. The number of fused-ring (bicyclic) bond motifs is 1. The quantitative estimate of drug-likeness (QED) is 0.926. The van der Waals surface area contributed by atoms with Crippen molar-refractivity contribution < 1.29 is 0 Å². The highest BCUT2D eigenvalue weighted by molar-refractivity contribution is 9.10. The predicted octanol–water partition coefficient (Wildman–Crippen LogP) is 3.21. The van der Waals surface area contributed by atoms with E-state index in [0.717, 1.165) is 28.3 Å². The zero-order valence-corrected chi connectivity index (χ0v) is 10.1. The number of aromatic nitrogens is 2. The molecule has 0 aliphatic rings. The maximum absolute atomic E-state index is 4.42. The Kier molecular flexibility index (Phi) is 3.16. The first kappa shape index (κ1) is 10.4. The largest absolute Gasteiger partial charge is 0.354 e. The molecule has 1 N–H and O–H groups in total. The van der Waals surface area contributed by atoms with Crippen molar-refractivity contribution in [2.75, 3.05) is 11.9 Å². The summed E-state index contributed by atoms with van der Waals surface area (Å²) in [5.74, 6) is 0.697. The number of benzene rings is 1. The molecule has 78 valence electrons. The lowest BCUT2D eigenvalue weighted by Gasteiger charge is -2.03. The van der Waals surface area contributed by atoms with Gasteiger partial charge >= 0.3 is 0 Å². The van der Waals surface area contributed by atoms with Gasteiger partial charge in [0, 0.05) is 22.6 Å². The Morgan fingerprint density at radius 2 is 2.27 bits per heavy atom. The first-order chi connectivity index (χ1) is 7.29. The molecule has 1 heterocycles. The zero-order chi connectivity index (χ0) is 10.7. The molecule has 0 aliphatic carbocycles. The first-order valence-corrected chi connectivity index (χ1v) is 5.75. The van der Waals surface area contributed by atoms with Gasteiger partial charge in [-0.25, -0.2) is 9.97 Å². The SMILES string of the molecule is CCCNc1ncc2ccc(Br)cc2n1. The highest BCUT2D eigenvalue weighted by Crippen LogP contribution is 2.18. The zero-order valence-electron chi connectivity index (χ0n) is 8.50. The van der Waals surface area contributed by atoms with Crippen LogP contribution >= 0.6 is 15.9 Å². The molecule has 2 aromatic rings. The number of anilines is 1. The van der Waals surface area contributed by atoms with E-state index in [0.29, 0.717) is 5.95 Å². The van der Waals surface area contributed by atoms with Gasteiger partial charge in [0.25, 0.3) is 0 Å². The third-order valence-electron chi connectivity index (χ3n) is 2.08. The maximum atomic E-state index is 4.42. The van der Waals surface area contributed by atoms with E-state index < -0.39 is 0 Å². The number of rotatable bonds is 3. The predicted molar refractivity (Wildman–Crippen MR) is 66.0 cm³/mol. The molecule has 1 aromatic carbocycles. The van der Waals surface area contributed by atoms with Crippen molar-refractivity contribution in [2.45, 2.75) is 13.3 Å². The lowest BCUT2D eigenvalue weighted by molar-refractivity contribution is 0.957. The van der Waals surface area contributed by atoms with Crippen LogP contribution in [0, 0.1) is 0 Å². The minimum Gasteiger partial charge on any atom is -0.354 e. The van der Waals surface area contributed by atoms with Gasteiger partial charge < -0.3 is 5.32 Å². The molecule has 15 heavy (non-hydrogen) atoms. The highest BCUT2D eigenvalue weighted by Gasteiger charge is 1.99. The summed E-state index contributed by atoms with van der Waals surface area (Å²) in [5.41, 5.74) is 0.956. The average Bonchev–Trinajstić information content (AvgIpc) is 2.25. The van der Waals surface area contributed by atoms with Crippen LogP contribution in [-0.2, 0) is 0 Å². The Bertz CT molecular complexity index is 470. The number of nitrogens with zero attached hydrogens (tertiary/aromatic N) is 2. The molecule has 0 bridgehead atoms. The van der Waals surface area contributed by atoms with E-state index in [1.54, 1.807) is 0 Å². The van der Waals surface area contributed by atoms with E-state index in [1.165, 1.54) is 0 Å². The third-order valence-corrected chi connectivity index (χ3v) is 2.57. The Morgan fingerprint density at radius 1 is 1.40 bits per heavy atom. The van der Waals surface area contributed by atoms with Gasteiger partial charge in [-0.05, 0) is 18.6 Å². The van der Waals surface area contributed by atoms with Crippen LogP contribution in [0.15, 0.2) is 28.9 Å². The van der Waals surface area contributed by atoms with Crippen LogP contribution in [0.5, 0.6) is 0 Å². The maximum Gasteiger partial charge on any atom is 0.223 e. The lowest BCUT2D eigenvalue weighted by atomic mass is 10.2. The molecule has 0 fully saturated rings. The monoisotopic (exact) mass is 265 g/mol. The smallest absolute Gasteiger partial charge is 0.223 e. The van der Waals surface area contributed by atoms with Crippen LogP contribution in [0.4, 0.5) is 5.95 Å². The van der Waals surface area contributed by atoms with E-state index in [1.807, 2.05) is 24.4 Å². The summed E-state index contributed by atoms with van der Waals surface area (Å²) < 4.78 is 1.04. The summed E-state index contributed by atoms with van der Waals surface area (Å²) in [6.45, 7) is 3.02. The average molecular weight is 266 g/mol. The van der Waals surface area contributed by atoms with Gasteiger partial charge in [-0.1, -0.05) is 28.9 Å². The summed E-state index contributed by atoms with van der Waals surface area (Å²) >= 11 is 3.43. The van der Waals surface area contributed by atoms with Crippen molar-refractivity contribution in [3.63, 3.8) is 0 Å². The van der Waals surface area contributed by atoms with Crippen molar-refractivity contribution in [3.05, 3.63) is 28.9 Å². The second kappa shape index (κ2) is 4.57. The fourth-order valence-electron chi connectivity index (χ4n) is 1.32. The molecule has 0 aliphatic heterocycles. The minimum absolute atomic E-state index is 0.697. The van der Waals surface area contributed by atoms with Crippen LogP contribution in [0.3, 0.4) is 0 Å². The van der Waals surface area contributed by atoms with Crippen molar-refractivity contribution in [1.82, 2.24) is 9.97 Å². The van der Waals surface area contributed by atoms with Gasteiger partial charge in [-0.3, -0.25) is 0 Å². The fourth-order valence-corrected chi connectivity index (χ4v) is 1.67. The second-order valence-corrected chi connectivity index (χ2v) is 4.24. The molecule has 0 radical (unpaired) electrons. The van der Waals surface area contributed by atoms with Gasteiger partial charge in [-0.15, -0.1) is 0 Å². The van der Waals surface area contributed by atoms with Gasteiger partial charge in [0.1, 0.15) is 0 Å². The van der Waals surface area contributed by atoms with E-state index in [9.17, 15) is 0 Å². The molecule has 0 amide bonds. The first-order valence-electron chi connectivity index (χ1n) is 4.96. The molecule has 4 heteroatoms. The van der Waals surface area contributed by atoms with E-state index in [-0.39, 0.29) is 0 Å². The topological polar surface area (TPSA) is 37.8 Å². The third kappa shape index (κ3) is 2.45. The summed E-state index contributed by atoms with van der Waals surface area (Å²) in [7, 11) is 0. The standard InChI is InChI=1S/C11H12BrN3/c1-2-5-13-11-14-7-8-3-4-9(12)6-10(8)15-11/h3-4,6-7H,2,5H2,1H3,(H,13,14,15). The molecular formula is C11H12BrN3. The Hall–Kier alpha value is -1.16. The van der Waals surface area contributed by atoms with Gasteiger partial charge in [0.15, 0.2) is 0 Å². The van der Waals surface area contributed by atoms with Gasteiger partial charge in [-0.2, -0.15) is 0 Å². The summed E-state index contributed by atoms with van der Waals surface area (Å²) in [5, 5.41) is 4.22. The van der Waals surface area contributed by atoms with Crippen LogP contribution in [-0.4, -0.2) is 16.5 Å². The molecular weight excluding hydrogens is 254 g/mol. The van der Waals surface area contributed by atoms with Gasteiger partial charge in [0.05, 0.1) is 5.52 Å². The molecule has 0 atom stereocenters. The van der Waals surface area contributed by atoms with Crippen molar-refractivity contribution in [3.8, 4) is 0 Å². The van der Waals surface area contributed by atoms with Gasteiger partial charge in [0.2, 0.25) is 5.95 Å². The normalized spacial score (nSPS) is 10.5. The Balaban J connectivity index is 2.36. The summed E-state index contributed by atoms with van der Waals surface area (Å²) in [6, 6.07) is 5.99. The molecule has 1 aromatic heterocycles. The molecule has 0 saturated heterocycles. The number of halogens is 1. The summed E-state index contributed by atoms with van der Waals surface area (Å²) in [4.78, 5) is 8.66. The second-order valence-electron chi connectivity index (χ2n) is 3.32. The fraction of sp³-hybridized carbons (Fsp3) is 0.273. The van der Waals surface area contributed by atoms with Crippen LogP contribution < -0.4 is 5.32 Å². The molecule has 0 unspecified atom stereocenters. The number of hydrogen-bond donors (Lipinski definition) is 1. The van der Waals surface area contributed by atoms with Crippen molar-refractivity contribution in [2.24, 2.45) is 0 Å². The molecule has 0 saturated carbocycles. The Morgan fingerprint density at radius 3 is 3.07 bits per heavy atom.